The van der Waals surface area contributed by atoms with Gasteiger partial charge in [-0.1, -0.05) is 37.6 Å². The quantitative estimate of drug-likeness (QED) is 0.817. The molecule has 2 aromatic rings. The van der Waals surface area contributed by atoms with Gasteiger partial charge in [-0.15, -0.1) is 12.4 Å². The lowest BCUT2D eigenvalue weighted by molar-refractivity contribution is 0.0906. The van der Waals surface area contributed by atoms with Crippen LogP contribution in [0.1, 0.15) is 30.8 Å². The lowest BCUT2D eigenvalue weighted by Gasteiger charge is -2.17. The zero-order valence-corrected chi connectivity index (χ0v) is 14.8. The van der Waals surface area contributed by atoms with Crippen molar-refractivity contribution in [1.29, 1.82) is 0 Å². The minimum atomic E-state index is -0.255. The SMILES string of the molecule is CC(C)CC(CN)NC(=O)c1ccc(-c2ccccc2Cl)o1.Cl. The molecule has 1 heterocycles. The zero-order valence-electron chi connectivity index (χ0n) is 13.2. The van der Waals surface area contributed by atoms with E-state index in [9.17, 15) is 4.79 Å². The van der Waals surface area contributed by atoms with Crippen LogP contribution in [0, 0.1) is 5.92 Å². The molecule has 0 aliphatic heterocycles. The first-order valence-electron chi connectivity index (χ1n) is 7.37. The molecule has 23 heavy (non-hydrogen) atoms. The van der Waals surface area contributed by atoms with Gasteiger partial charge in [0.2, 0.25) is 0 Å². The van der Waals surface area contributed by atoms with Crippen LogP contribution in [0.2, 0.25) is 5.02 Å². The van der Waals surface area contributed by atoms with Gasteiger partial charge in [-0.05, 0) is 36.6 Å². The fourth-order valence-electron chi connectivity index (χ4n) is 2.31. The van der Waals surface area contributed by atoms with Crippen molar-refractivity contribution < 1.29 is 9.21 Å². The maximum Gasteiger partial charge on any atom is 0.287 e. The highest BCUT2D eigenvalue weighted by atomic mass is 35.5. The molecule has 3 N–H and O–H groups in total. The number of hydrogen-bond acceptors (Lipinski definition) is 3. The molecule has 126 valence electrons. The number of nitrogens with one attached hydrogen (secondary N) is 1. The van der Waals surface area contributed by atoms with Gasteiger partial charge in [0.1, 0.15) is 5.76 Å². The van der Waals surface area contributed by atoms with Gasteiger partial charge in [-0.2, -0.15) is 0 Å². The molecule has 1 amide bonds. The minimum Gasteiger partial charge on any atom is -0.451 e. The van der Waals surface area contributed by atoms with Crippen molar-refractivity contribution in [2.75, 3.05) is 6.54 Å². The van der Waals surface area contributed by atoms with E-state index in [4.69, 9.17) is 21.8 Å². The molecule has 0 radical (unpaired) electrons. The van der Waals surface area contributed by atoms with Crippen molar-refractivity contribution in [1.82, 2.24) is 5.32 Å². The summed E-state index contributed by atoms with van der Waals surface area (Å²) in [4.78, 5) is 12.2. The van der Waals surface area contributed by atoms with Crippen LogP contribution < -0.4 is 11.1 Å². The Balaban J connectivity index is 0.00000264. The first-order chi connectivity index (χ1) is 10.5. The van der Waals surface area contributed by atoms with Crippen LogP contribution in [0.4, 0.5) is 0 Å². The smallest absolute Gasteiger partial charge is 0.287 e. The van der Waals surface area contributed by atoms with Crippen LogP contribution in [-0.4, -0.2) is 18.5 Å². The molecule has 0 aliphatic carbocycles. The van der Waals surface area contributed by atoms with Crippen LogP contribution in [0.5, 0.6) is 0 Å². The number of carbonyl (C=O) groups is 1. The van der Waals surface area contributed by atoms with Gasteiger partial charge in [-0.25, -0.2) is 0 Å². The van der Waals surface area contributed by atoms with Gasteiger partial charge >= 0.3 is 0 Å². The summed E-state index contributed by atoms with van der Waals surface area (Å²) in [5.74, 6) is 1.04. The van der Waals surface area contributed by atoms with E-state index in [1.165, 1.54) is 0 Å². The van der Waals surface area contributed by atoms with Crippen molar-refractivity contribution in [3.8, 4) is 11.3 Å². The largest absolute Gasteiger partial charge is 0.451 e. The average Bonchev–Trinajstić information content (AvgIpc) is 2.96. The highest BCUT2D eigenvalue weighted by molar-refractivity contribution is 6.33. The third-order valence-corrected chi connectivity index (χ3v) is 3.67. The number of rotatable bonds is 6. The second kappa shape index (κ2) is 8.96. The summed E-state index contributed by atoms with van der Waals surface area (Å²) < 4.78 is 5.63. The predicted molar refractivity (Wildman–Crippen MR) is 96.2 cm³/mol. The summed E-state index contributed by atoms with van der Waals surface area (Å²) in [5.41, 5.74) is 6.47. The van der Waals surface area contributed by atoms with Crippen LogP contribution in [0.25, 0.3) is 11.3 Å². The van der Waals surface area contributed by atoms with E-state index in [2.05, 4.69) is 19.2 Å². The summed E-state index contributed by atoms with van der Waals surface area (Å²) in [7, 11) is 0. The monoisotopic (exact) mass is 356 g/mol. The maximum absolute atomic E-state index is 12.2. The molecule has 0 bridgehead atoms. The molecule has 1 aromatic heterocycles. The molecule has 1 unspecified atom stereocenters. The van der Waals surface area contributed by atoms with Crippen molar-refractivity contribution in [3.63, 3.8) is 0 Å². The van der Waals surface area contributed by atoms with Crippen molar-refractivity contribution in [3.05, 3.63) is 47.2 Å². The minimum absolute atomic E-state index is 0. The van der Waals surface area contributed by atoms with Gasteiger partial charge in [0.05, 0.1) is 5.02 Å². The average molecular weight is 357 g/mol. The normalized spacial score (nSPS) is 11.9. The molecule has 4 nitrogen and oxygen atoms in total. The van der Waals surface area contributed by atoms with Crippen LogP contribution >= 0.6 is 24.0 Å². The molecule has 1 atom stereocenters. The van der Waals surface area contributed by atoms with E-state index in [-0.39, 0.29) is 30.1 Å². The molecule has 0 saturated heterocycles. The summed E-state index contributed by atoms with van der Waals surface area (Å²) in [6, 6.07) is 10.7. The molecule has 0 fully saturated rings. The van der Waals surface area contributed by atoms with E-state index in [0.717, 1.165) is 12.0 Å². The first kappa shape index (κ1) is 19.6. The van der Waals surface area contributed by atoms with Crippen molar-refractivity contribution in [2.45, 2.75) is 26.3 Å². The number of benzene rings is 1. The standard InChI is InChI=1S/C17H21ClN2O2.ClH/c1-11(2)9-12(10-19)20-17(21)16-8-7-15(22-16)13-5-3-4-6-14(13)18;/h3-8,11-12H,9-10,19H2,1-2H3,(H,20,21);1H. The number of carbonyl (C=O) groups excluding carboxylic acids is 1. The molecular formula is C17H22Cl2N2O2. The number of hydrogen-bond donors (Lipinski definition) is 2. The molecule has 0 saturated carbocycles. The zero-order chi connectivity index (χ0) is 16.1. The number of halogens is 2. The highest BCUT2D eigenvalue weighted by Crippen LogP contribution is 2.29. The lowest BCUT2D eigenvalue weighted by Crippen LogP contribution is -2.40. The van der Waals surface area contributed by atoms with E-state index in [1.807, 2.05) is 18.2 Å². The van der Waals surface area contributed by atoms with E-state index in [1.54, 1.807) is 18.2 Å². The fourth-order valence-corrected chi connectivity index (χ4v) is 2.53. The summed E-state index contributed by atoms with van der Waals surface area (Å²) in [6.45, 7) is 4.59. The summed E-state index contributed by atoms with van der Waals surface area (Å²) in [5, 5.41) is 3.49. The third kappa shape index (κ3) is 5.27. The lowest BCUT2D eigenvalue weighted by atomic mass is 10.0. The topological polar surface area (TPSA) is 68.3 Å². The van der Waals surface area contributed by atoms with E-state index in [0.29, 0.717) is 23.2 Å². The highest BCUT2D eigenvalue weighted by Gasteiger charge is 2.17. The van der Waals surface area contributed by atoms with Gasteiger partial charge in [0, 0.05) is 18.2 Å². The Bertz CT molecular complexity index is 641. The Morgan fingerprint density at radius 3 is 2.57 bits per heavy atom. The number of nitrogens with two attached hydrogens (primary N) is 1. The number of furan rings is 1. The third-order valence-electron chi connectivity index (χ3n) is 3.34. The Labute approximate surface area is 147 Å². The van der Waals surface area contributed by atoms with Gasteiger partial charge < -0.3 is 15.5 Å². The molecule has 2 rings (SSSR count). The second-order valence-electron chi connectivity index (χ2n) is 5.68. The second-order valence-corrected chi connectivity index (χ2v) is 6.09. The van der Waals surface area contributed by atoms with Crippen LogP contribution in [0.3, 0.4) is 0 Å². The van der Waals surface area contributed by atoms with E-state index < -0.39 is 0 Å². The van der Waals surface area contributed by atoms with E-state index >= 15 is 0 Å². The summed E-state index contributed by atoms with van der Waals surface area (Å²) in [6.07, 6.45) is 0.834. The first-order valence-corrected chi connectivity index (χ1v) is 7.74. The summed E-state index contributed by atoms with van der Waals surface area (Å²) >= 11 is 6.13. The van der Waals surface area contributed by atoms with Crippen LogP contribution in [0.15, 0.2) is 40.8 Å². The Kier molecular flexibility index (Phi) is 7.62. The molecule has 6 heteroatoms. The molecule has 1 aromatic carbocycles. The fraction of sp³-hybridized carbons (Fsp3) is 0.353. The van der Waals surface area contributed by atoms with Gasteiger partial charge in [-0.3, -0.25) is 4.79 Å². The molecular weight excluding hydrogens is 335 g/mol. The van der Waals surface area contributed by atoms with Crippen molar-refractivity contribution >= 4 is 29.9 Å². The molecule has 0 spiro atoms. The molecule has 0 aliphatic rings. The maximum atomic E-state index is 12.2. The van der Waals surface area contributed by atoms with Gasteiger partial charge in [0.15, 0.2) is 5.76 Å². The Hall–Kier alpha value is -1.49. The Morgan fingerprint density at radius 1 is 1.26 bits per heavy atom. The number of amides is 1. The van der Waals surface area contributed by atoms with Crippen LogP contribution in [-0.2, 0) is 0 Å². The van der Waals surface area contributed by atoms with Crippen molar-refractivity contribution in [2.24, 2.45) is 11.7 Å². The van der Waals surface area contributed by atoms with Gasteiger partial charge in [0.25, 0.3) is 5.91 Å². The Morgan fingerprint density at radius 2 is 1.96 bits per heavy atom. The predicted octanol–water partition coefficient (Wildman–Crippen LogP) is 4.13.